The quantitative estimate of drug-likeness (QED) is 0.703. The summed E-state index contributed by atoms with van der Waals surface area (Å²) in [5.74, 6) is 0.628. The van der Waals surface area contributed by atoms with Crippen LogP contribution in [-0.2, 0) is 0 Å². The molecule has 1 aliphatic carbocycles. The van der Waals surface area contributed by atoms with Crippen LogP contribution in [0, 0.1) is 12.8 Å². The number of aryl methyl sites for hydroxylation is 1. The van der Waals surface area contributed by atoms with Crippen molar-refractivity contribution < 1.29 is 0 Å². The molecule has 21 heavy (non-hydrogen) atoms. The van der Waals surface area contributed by atoms with Gasteiger partial charge in [0.1, 0.15) is 0 Å². The lowest BCUT2D eigenvalue weighted by molar-refractivity contribution is 0.728. The van der Waals surface area contributed by atoms with Crippen molar-refractivity contribution in [2.75, 3.05) is 4.90 Å². The predicted molar refractivity (Wildman–Crippen MR) is 90.8 cm³/mol. The second-order valence-corrected chi connectivity index (χ2v) is 5.66. The van der Waals surface area contributed by atoms with Gasteiger partial charge in [-0.3, -0.25) is 0 Å². The van der Waals surface area contributed by atoms with E-state index in [1.54, 1.807) is 0 Å². The van der Waals surface area contributed by atoms with Gasteiger partial charge in [0.25, 0.3) is 0 Å². The minimum absolute atomic E-state index is 0.628. The maximum atomic E-state index is 2.34. The summed E-state index contributed by atoms with van der Waals surface area (Å²) in [5, 5.41) is 0. The van der Waals surface area contributed by atoms with Gasteiger partial charge in [-0.1, -0.05) is 55.5 Å². The summed E-state index contributed by atoms with van der Waals surface area (Å²) in [5.41, 5.74) is 4.99. The topological polar surface area (TPSA) is 3.24 Å². The molecule has 1 aliphatic rings. The summed E-state index contributed by atoms with van der Waals surface area (Å²) >= 11 is 0. The standard InChI is InChI=1S/C20H21N/c1-16-12-14-19(15-13-16)21(18-9-4-3-5-10-18)20-11-7-6-8-17(20)2/h3-12,14-16H,13H2,1-2H3. The number of anilines is 2. The van der Waals surface area contributed by atoms with E-state index < -0.39 is 0 Å². The molecule has 0 fully saturated rings. The molecule has 0 N–H and O–H groups in total. The molecular weight excluding hydrogens is 254 g/mol. The molecule has 0 bridgehead atoms. The number of hydrogen-bond donors (Lipinski definition) is 0. The molecule has 1 atom stereocenters. The first-order valence-electron chi connectivity index (χ1n) is 7.55. The zero-order chi connectivity index (χ0) is 14.7. The van der Waals surface area contributed by atoms with Crippen molar-refractivity contribution in [2.45, 2.75) is 20.3 Å². The predicted octanol–water partition coefficient (Wildman–Crippen LogP) is 5.61. The van der Waals surface area contributed by atoms with Gasteiger partial charge in [0.05, 0.1) is 0 Å². The third-order valence-corrected chi connectivity index (χ3v) is 3.92. The van der Waals surface area contributed by atoms with Crippen LogP contribution in [0.3, 0.4) is 0 Å². The van der Waals surface area contributed by atoms with E-state index in [1.165, 1.54) is 22.6 Å². The smallest absolute Gasteiger partial charge is 0.0490 e. The van der Waals surface area contributed by atoms with Gasteiger partial charge in [-0.25, -0.2) is 0 Å². The Morgan fingerprint density at radius 3 is 2.33 bits per heavy atom. The molecule has 0 saturated carbocycles. The van der Waals surface area contributed by atoms with Gasteiger partial charge in [-0.05, 0) is 49.1 Å². The highest BCUT2D eigenvalue weighted by Gasteiger charge is 2.16. The number of para-hydroxylation sites is 2. The van der Waals surface area contributed by atoms with Crippen LogP contribution in [0.4, 0.5) is 11.4 Å². The van der Waals surface area contributed by atoms with Crippen molar-refractivity contribution in [1.82, 2.24) is 0 Å². The molecular formula is C20H21N. The van der Waals surface area contributed by atoms with Crippen LogP contribution < -0.4 is 4.90 Å². The zero-order valence-electron chi connectivity index (χ0n) is 12.7. The molecule has 0 saturated heterocycles. The molecule has 3 rings (SSSR count). The summed E-state index contributed by atoms with van der Waals surface area (Å²) in [6.07, 6.45) is 7.97. The molecule has 0 amide bonds. The van der Waals surface area contributed by atoms with Crippen LogP contribution in [-0.4, -0.2) is 0 Å². The molecule has 0 aromatic heterocycles. The molecule has 106 valence electrons. The molecule has 0 heterocycles. The van der Waals surface area contributed by atoms with Gasteiger partial charge in [-0.15, -0.1) is 0 Å². The summed E-state index contributed by atoms with van der Waals surface area (Å²) in [7, 11) is 0. The van der Waals surface area contributed by atoms with Crippen LogP contribution in [0.5, 0.6) is 0 Å². The van der Waals surface area contributed by atoms with Crippen LogP contribution in [0.1, 0.15) is 18.9 Å². The van der Waals surface area contributed by atoms with Crippen LogP contribution in [0.15, 0.2) is 78.5 Å². The molecule has 2 aromatic carbocycles. The summed E-state index contributed by atoms with van der Waals surface area (Å²) in [6.45, 7) is 4.42. The molecule has 1 heteroatoms. The highest BCUT2D eigenvalue weighted by molar-refractivity contribution is 5.72. The fraction of sp³-hybridized carbons (Fsp3) is 0.200. The molecule has 0 spiro atoms. The Morgan fingerprint density at radius 1 is 0.952 bits per heavy atom. The average molecular weight is 275 g/mol. The van der Waals surface area contributed by atoms with Crippen molar-refractivity contribution in [3.8, 4) is 0 Å². The zero-order valence-corrected chi connectivity index (χ0v) is 12.7. The van der Waals surface area contributed by atoms with Gasteiger partial charge in [-0.2, -0.15) is 0 Å². The highest BCUT2D eigenvalue weighted by Crippen LogP contribution is 2.34. The van der Waals surface area contributed by atoms with E-state index >= 15 is 0 Å². The fourth-order valence-electron chi connectivity index (χ4n) is 2.70. The number of rotatable bonds is 3. The Balaban J connectivity index is 2.09. The van der Waals surface area contributed by atoms with E-state index in [-0.39, 0.29) is 0 Å². The van der Waals surface area contributed by atoms with Gasteiger partial charge in [0.15, 0.2) is 0 Å². The minimum Gasteiger partial charge on any atom is -0.311 e. The molecule has 1 unspecified atom stereocenters. The van der Waals surface area contributed by atoms with Crippen molar-refractivity contribution >= 4 is 11.4 Å². The minimum atomic E-state index is 0.628. The van der Waals surface area contributed by atoms with Crippen molar-refractivity contribution in [2.24, 2.45) is 5.92 Å². The lowest BCUT2D eigenvalue weighted by Crippen LogP contribution is -2.17. The Labute approximate surface area is 127 Å². The third-order valence-electron chi connectivity index (χ3n) is 3.92. The Morgan fingerprint density at radius 2 is 1.67 bits per heavy atom. The first-order valence-corrected chi connectivity index (χ1v) is 7.55. The first kappa shape index (κ1) is 13.7. The molecule has 2 aromatic rings. The SMILES string of the molecule is Cc1ccccc1N(C1=CCC(C)C=C1)c1ccccc1. The maximum Gasteiger partial charge on any atom is 0.0490 e. The lowest BCUT2D eigenvalue weighted by atomic mass is 10.00. The second-order valence-electron chi connectivity index (χ2n) is 5.66. The summed E-state index contributed by atoms with van der Waals surface area (Å²) in [6, 6.07) is 19.1. The summed E-state index contributed by atoms with van der Waals surface area (Å²) < 4.78 is 0. The number of benzene rings is 2. The van der Waals surface area contributed by atoms with Gasteiger partial charge in [0.2, 0.25) is 0 Å². The fourth-order valence-corrected chi connectivity index (χ4v) is 2.70. The van der Waals surface area contributed by atoms with E-state index in [4.69, 9.17) is 0 Å². The third kappa shape index (κ3) is 2.92. The van der Waals surface area contributed by atoms with Crippen LogP contribution in [0.2, 0.25) is 0 Å². The number of hydrogen-bond acceptors (Lipinski definition) is 1. The number of allylic oxidation sites excluding steroid dienone is 3. The van der Waals surface area contributed by atoms with E-state index in [2.05, 4.69) is 91.6 Å². The van der Waals surface area contributed by atoms with Crippen molar-refractivity contribution in [3.63, 3.8) is 0 Å². The first-order chi connectivity index (χ1) is 10.3. The normalized spacial score (nSPS) is 17.4. The average Bonchev–Trinajstić information content (AvgIpc) is 2.52. The van der Waals surface area contributed by atoms with Crippen molar-refractivity contribution in [1.29, 1.82) is 0 Å². The Kier molecular flexibility index (Phi) is 3.92. The van der Waals surface area contributed by atoms with E-state index in [0.29, 0.717) is 5.92 Å². The maximum absolute atomic E-state index is 2.34. The molecule has 0 radical (unpaired) electrons. The second kappa shape index (κ2) is 6.01. The Bertz CT molecular complexity index is 667. The lowest BCUT2D eigenvalue weighted by Gasteiger charge is -2.29. The largest absolute Gasteiger partial charge is 0.311 e. The number of nitrogens with zero attached hydrogens (tertiary/aromatic N) is 1. The van der Waals surface area contributed by atoms with Crippen molar-refractivity contribution in [3.05, 3.63) is 84.1 Å². The monoisotopic (exact) mass is 275 g/mol. The van der Waals surface area contributed by atoms with E-state index in [0.717, 1.165) is 6.42 Å². The van der Waals surface area contributed by atoms with Crippen LogP contribution in [0.25, 0.3) is 0 Å². The van der Waals surface area contributed by atoms with Gasteiger partial charge in [0, 0.05) is 17.1 Å². The molecule has 0 aliphatic heterocycles. The Hall–Kier alpha value is -2.28. The highest BCUT2D eigenvalue weighted by atomic mass is 15.1. The van der Waals surface area contributed by atoms with Crippen LogP contribution >= 0.6 is 0 Å². The van der Waals surface area contributed by atoms with E-state index in [9.17, 15) is 0 Å². The molecule has 1 nitrogen and oxygen atoms in total. The van der Waals surface area contributed by atoms with E-state index in [1.807, 2.05) is 0 Å². The van der Waals surface area contributed by atoms with Gasteiger partial charge >= 0.3 is 0 Å². The summed E-state index contributed by atoms with van der Waals surface area (Å²) in [4.78, 5) is 2.34. The van der Waals surface area contributed by atoms with Gasteiger partial charge < -0.3 is 4.90 Å².